The Morgan fingerprint density at radius 3 is 2.55 bits per heavy atom. The molecule has 2 atom stereocenters. The molecular formula is C23H26BrFN2O4. The maximum absolute atomic E-state index is 13.5. The van der Waals surface area contributed by atoms with Crippen LogP contribution in [0.1, 0.15) is 43.9 Å². The number of benzene rings is 2. The van der Waals surface area contributed by atoms with E-state index in [1.807, 2.05) is 31.2 Å². The monoisotopic (exact) mass is 492 g/mol. The predicted octanol–water partition coefficient (Wildman–Crippen LogP) is 5.52. The Morgan fingerprint density at radius 2 is 1.94 bits per heavy atom. The highest BCUT2D eigenvalue weighted by Crippen LogP contribution is 2.39. The van der Waals surface area contributed by atoms with Gasteiger partial charge in [-0.15, -0.1) is 0 Å². The van der Waals surface area contributed by atoms with Crippen LogP contribution in [0.2, 0.25) is 0 Å². The van der Waals surface area contributed by atoms with E-state index in [1.54, 1.807) is 24.0 Å². The molecule has 1 saturated heterocycles. The van der Waals surface area contributed by atoms with Gasteiger partial charge in [-0.3, -0.25) is 0 Å². The maximum atomic E-state index is 13.5. The van der Waals surface area contributed by atoms with E-state index >= 15 is 0 Å². The Labute approximate surface area is 189 Å². The summed E-state index contributed by atoms with van der Waals surface area (Å²) in [6.45, 7) is 4.67. The van der Waals surface area contributed by atoms with Crippen LogP contribution >= 0.6 is 15.9 Å². The number of alkyl carbamates (subject to hydrolysis) is 1. The first-order valence-electron chi connectivity index (χ1n) is 10.3. The summed E-state index contributed by atoms with van der Waals surface area (Å²) in [4.78, 5) is 26.4. The fourth-order valence-electron chi connectivity index (χ4n) is 3.77. The van der Waals surface area contributed by atoms with E-state index in [-0.39, 0.29) is 25.0 Å². The molecule has 0 unspecified atom stereocenters. The first kappa shape index (κ1) is 23.1. The smallest absolute Gasteiger partial charge is 0.411 e. The molecule has 1 N–H and O–H groups in total. The van der Waals surface area contributed by atoms with E-state index in [0.717, 1.165) is 10.0 Å². The van der Waals surface area contributed by atoms with Gasteiger partial charge in [-0.25, -0.2) is 14.0 Å². The Hall–Kier alpha value is -2.61. The van der Waals surface area contributed by atoms with Gasteiger partial charge in [0.05, 0.1) is 12.6 Å². The van der Waals surface area contributed by atoms with E-state index in [1.165, 1.54) is 12.1 Å². The zero-order valence-corrected chi connectivity index (χ0v) is 19.2. The number of amides is 2. The van der Waals surface area contributed by atoms with Crippen molar-refractivity contribution >= 4 is 28.1 Å². The largest absolute Gasteiger partial charge is 0.450 e. The van der Waals surface area contributed by atoms with Crippen LogP contribution in [0.15, 0.2) is 53.0 Å². The van der Waals surface area contributed by atoms with Crippen molar-refractivity contribution in [3.63, 3.8) is 0 Å². The van der Waals surface area contributed by atoms with Gasteiger partial charge >= 0.3 is 12.2 Å². The number of nitrogens with zero attached hydrogens (tertiary/aromatic N) is 1. The third-order valence-corrected chi connectivity index (χ3v) is 6.07. The summed E-state index contributed by atoms with van der Waals surface area (Å²) in [5.74, 6) is -0.365. The zero-order valence-electron chi connectivity index (χ0n) is 17.6. The minimum absolute atomic E-state index is 0.163. The minimum atomic E-state index is -0.958. The Morgan fingerprint density at radius 1 is 1.26 bits per heavy atom. The number of carbonyl (C=O) groups is 2. The predicted molar refractivity (Wildman–Crippen MR) is 118 cm³/mol. The molecule has 2 aromatic carbocycles. The average molecular weight is 493 g/mol. The number of cyclic esters (lactones) is 1. The maximum Gasteiger partial charge on any atom is 0.411 e. The van der Waals surface area contributed by atoms with Crippen molar-refractivity contribution in [2.24, 2.45) is 0 Å². The van der Waals surface area contributed by atoms with Crippen LogP contribution in [0, 0.1) is 5.82 Å². The molecule has 1 aliphatic rings. The van der Waals surface area contributed by atoms with Gasteiger partial charge < -0.3 is 19.7 Å². The van der Waals surface area contributed by atoms with Gasteiger partial charge in [0.2, 0.25) is 0 Å². The second-order valence-electron chi connectivity index (χ2n) is 7.44. The molecule has 0 aliphatic carbocycles. The molecule has 6 nitrogen and oxygen atoms in total. The first-order valence-corrected chi connectivity index (χ1v) is 11.1. The molecular weight excluding hydrogens is 467 g/mol. The first-order chi connectivity index (χ1) is 14.8. The second kappa shape index (κ2) is 10.1. The number of carbonyl (C=O) groups excluding carboxylic acids is 2. The third kappa shape index (κ3) is 5.55. The fourth-order valence-corrected chi connectivity index (χ4v) is 4.03. The van der Waals surface area contributed by atoms with Crippen LogP contribution in [0.5, 0.6) is 0 Å². The van der Waals surface area contributed by atoms with Crippen molar-refractivity contribution in [2.75, 3.05) is 19.7 Å². The number of hydrogen-bond donors (Lipinski definition) is 1. The zero-order chi connectivity index (χ0) is 22.4. The summed E-state index contributed by atoms with van der Waals surface area (Å²) in [5.41, 5.74) is 0.738. The van der Waals surface area contributed by atoms with Crippen LogP contribution in [-0.2, 0) is 15.1 Å². The van der Waals surface area contributed by atoms with E-state index < -0.39 is 17.8 Å². The lowest BCUT2D eigenvalue weighted by molar-refractivity contribution is -0.0648. The molecule has 8 heteroatoms. The molecule has 0 saturated carbocycles. The molecule has 0 spiro atoms. The molecule has 0 bridgehead atoms. The van der Waals surface area contributed by atoms with E-state index in [9.17, 15) is 14.0 Å². The summed E-state index contributed by atoms with van der Waals surface area (Å²) in [6, 6.07) is 13.6. The van der Waals surface area contributed by atoms with Gasteiger partial charge in [-0.2, -0.15) is 0 Å². The molecule has 0 aromatic heterocycles. The second-order valence-corrected chi connectivity index (χ2v) is 8.35. The standard InChI is InChI=1S/C23H26BrFN2O4/c1-3-30-21(28)26-14-12-23(18-6-10-20(25)11-7-18)13-15-27(22(29)31-23)16(2)17-4-8-19(24)9-5-17/h4-11,16H,3,12-15H2,1-2H3,(H,26,28)/t16-,23-/m0/s1. The fraction of sp³-hybridized carbons (Fsp3) is 0.391. The highest BCUT2D eigenvalue weighted by Gasteiger charge is 2.43. The summed E-state index contributed by atoms with van der Waals surface area (Å²) < 4.78 is 25.3. The molecule has 166 valence electrons. The summed E-state index contributed by atoms with van der Waals surface area (Å²) >= 11 is 3.42. The molecule has 1 heterocycles. The number of rotatable bonds is 7. The highest BCUT2D eigenvalue weighted by molar-refractivity contribution is 9.10. The van der Waals surface area contributed by atoms with Gasteiger partial charge in [0.15, 0.2) is 0 Å². The highest BCUT2D eigenvalue weighted by atomic mass is 79.9. The molecule has 31 heavy (non-hydrogen) atoms. The number of ether oxygens (including phenoxy) is 2. The Kier molecular flexibility index (Phi) is 7.54. The number of hydrogen-bond acceptors (Lipinski definition) is 4. The molecule has 3 rings (SSSR count). The molecule has 1 fully saturated rings. The van der Waals surface area contributed by atoms with E-state index in [4.69, 9.17) is 9.47 Å². The third-order valence-electron chi connectivity index (χ3n) is 5.54. The van der Waals surface area contributed by atoms with E-state index in [0.29, 0.717) is 24.9 Å². The lowest BCUT2D eigenvalue weighted by Crippen LogP contribution is -2.49. The lowest BCUT2D eigenvalue weighted by Gasteiger charge is -2.43. The topological polar surface area (TPSA) is 67.9 Å². The number of nitrogens with one attached hydrogen (secondary N) is 1. The molecule has 1 aliphatic heterocycles. The van der Waals surface area contributed by atoms with Crippen molar-refractivity contribution in [3.05, 3.63) is 69.9 Å². The lowest BCUT2D eigenvalue weighted by atomic mass is 9.85. The van der Waals surface area contributed by atoms with Crippen molar-refractivity contribution < 1.29 is 23.5 Å². The van der Waals surface area contributed by atoms with Gasteiger partial charge in [-0.05, 0) is 49.2 Å². The van der Waals surface area contributed by atoms with E-state index in [2.05, 4.69) is 21.2 Å². The molecule has 2 aromatic rings. The Bertz CT molecular complexity index is 907. The van der Waals surface area contributed by atoms with Crippen LogP contribution < -0.4 is 5.32 Å². The minimum Gasteiger partial charge on any atom is -0.450 e. The molecule has 2 amide bonds. The summed E-state index contributed by atoms with van der Waals surface area (Å²) in [7, 11) is 0. The van der Waals surface area contributed by atoms with Crippen molar-refractivity contribution in [2.45, 2.75) is 38.3 Å². The molecule has 0 radical (unpaired) electrons. The summed E-state index contributed by atoms with van der Waals surface area (Å²) in [5, 5.41) is 2.67. The van der Waals surface area contributed by atoms with Gasteiger partial charge in [0, 0.05) is 30.4 Å². The van der Waals surface area contributed by atoms with Gasteiger partial charge in [0.25, 0.3) is 0 Å². The summed E-state index contributed by atoms with van der Waals surface area (Å²) in [6.07, 6.45) is -0.106. The number of halogens is 2. The van der Waals surface area contributed by atoms with Gasteiger partial charge in [0.1, 0.15) is 11.4 Å². The van der Waals surface area contributed by atoms with Crippen molar-refractivity contribution in [1.82, 2.24) is 10.2 Å². The van der Waals surface area contributed by atoms with Crippen LogP contribution in [-0.4, -0.2) is 36.8 Å². The van der Waals surface area contributed by atoms with Crippen molar-refractivity contribution in [3.8, 4) is 0 Å². The Balaban J connectivity index is 1.77. The normalized spacial score (nSPS) is 19.5. The SMILES string of the molecule is CCOC(=O)NCC[C@@]1(c2ccc(F)cc2)CCN([C@@H](C)c2ccc(Br)cc2)C(=O)O1. The van der Waals surface area contributed by atoms with Crippen LogP contribution in [0.25, 0.3) is 0 Å². The van der Waals surface area contributed by atoms with Crippen molar-refractivity contribution in [1.29, 1.82) is 0 Å². The van der Waals surface area contributed by atoms with Crippen LogP contribution in [0.3, 0.4) is 0 Å². The van der Waals surface area contributed by atoms with Crippen LogP contribution in [0.4, 0.5) is 14.0 Å². The quantitative estimate of drug-likeness (QED) is 0.552. The average Bonchev–Trinajstić information content (AvgIpc) is 2.74. The van der Waals surface area contributed by atoms with Gasteiger partial charge in [-0.1, -0.05) is 40.2 Å².